The Hall–Kier alpha value is -0.860. The van der Waals surface area contributed by atoms with Crippen molar-refractivity contribution >= 4 is 11.7 Å². The van der Waals surface area contributed by atoms with Crippen LogP contribution in [0.4, 0.5) is 0 Å². The molecule has 2 fully saturated rings. The highest BCUT2D eigenvalue weighted by Gasteiger charge is 2.32. The van der Waals surface area contributed by atoms with Crippen molar-refractivity contribution in [3.63, 3.8) is 0 Å². The molecule has 2 aliphatic rings. The second-order valence-corrected chi connectivity index (χ2v) is 7.65. The molecule has 1 unspecified atom stereocenters. The van der Waals surface area contributed by atoms with Gasteiger partial charge in [0.05, 0.1) is 6.54 Å². The van der Waals surface area contributed by atoms with E-state index in [9.17, 15) is 9.59 Å². The van der Waals surface area contributed by atoms with Gasteiger partial charge in [0, 0.05) is 18.9 Å². The lowest BCUT2D eigenvalue weighted by molar-refractivity contribution is -0.136. The van der Waals surface area contributed by atoms with Gasteiger partial charge in [-0.15, -0.1) is 0 Å². The van der Waals surface area contributed by atoms with Crippen molar-refractivity contribution in [3.8, 4) is 0 Å². The summed E-state index contributed by atoms with van der Waals surface area (Å²) in [5, 5.41) is 0. The van der Waals surface area contributed by atoms with Crippen LogP contribution in [-0.2, 0) is 9.59 Å². The second kappa shape index (κ2) is 6.28. The lowest BCUT2D eigenvalue weighted by Gasteiger charge is -2.29. The normalized spacial score (nSPS) is 25.9. The van der Waals surface area contributed by atoms with Gasteiger partial charge < -0.3 is 4.90 Å². The molecule has 0 aromatic rings. The molecule has 3 heteroatoms. The average molecular weight is 279 g/mol. The van der Waals surface area contributed by atoms with Crippen molar-refractivity contribution < 1.29 is 9.59 Å². The van der Waals surface area contributed by atoms with Gasteiger partial charge in [-0.05, 0) is 37.0 Å². The largest absolute Gasteiger partial charge is 0.335 e. The molecular formula is C17H29NO2. The summed E-state index contributed by atoms with van der Waals surface area (Å²) in [6.45, 7) is 7.88. The van der Waals surface area contributed by atoms with Crippen LogP contribution in [0.3, 0.4) is 0 Å². The van der Waals surface area contributed by atoms with Crippen LogP contribution in [0.15, 0.2) is 0 Å². The van der Waals surface area contributed by atoms with E-state index in [0.29, 0.717) is 24.7 Å². The highest BCUT2D eigenvalue weighted by Crippen LogP contribution is 2.34. The summed E-state index contributed by atoms with van der Waals surface area (Å²) in [5.74, 6) is 1.29. The minimum absolute atomic E-state index is 0.183. The fourth-order valence-corrected chi connectivity index (χ4v) is 3.63. The topological polar surface area (TPSA) is 37.4 Å². The van der Waals surface area contributed by atoms with Crippen molar-refractivity contribution in [2.75, 3.05) is 13.1 Å². The van der Waals surface area contributed by atoms with E-state index in [4.69, 9.17) is 0 Å². The molecule has 1 atom stereocenters. The molecule has 1 amide bonds. The zero-order valence-electron chi connectivity index (χ0n) is 13.3. The molecule has 0 bridgehead atoms. The number of ketones is 1. The van der Waals surface area contributed by atoms with Crippen molar-refractivity contribution in [3.05, 3.63) is 0 Å². The Balaban J connectivity index is 1.91. The van der Waals surface area contributed by atoms with Crippen LogP contribution in [0.1, 0.15) is 65.7 Å². The Morgan fingerprint density at radius 2 is 1.80 bits per heavy atom. The Bertz CT molecular complexity index is 364. The quantitative estimate of drug-likeness (QED) is 0.794. The number of carbonyl (C=O) groups excluding carboxylic acids is 2. The molecule has 2 rings (SSSR count). The maximum atomic E-state index is 12.3. The summed E-state index contributed by atoms with van der Waals surface area (Å²) >= 11 is 0. The average Bonchev–Trinajstić information content (AvgIpc) is 2.82. The van der Waals surface area contributed by atoms with E-state index in [1.165, 1.54) is 12.8 Å². The van der Waals surface area contributed by atoms with Crippen LogP contribution in [0.5, 0.6) is 0 Å². The fraction of sp³-hybridized carbons (Fsp3) is 0.882. The van der Waals surface area contributed by atoms with Gasteiger partial charge in [-0.1, -0.05) is 33.6 Å². The van der Waals surface area contributed by atoms with Crippen LogP contribution in [-0.4, -0.2) is 29.7 Å². The first kappa shape index (κ1) is 15.5. The second-order valence-electron chi connectivity index (χ2n) is 7.65. The van der Waals surface area contributed by atoms with Crippen LogP contribution in [0.25, 0.3) is 0 Å². The molecule has 0 aromatic carbocycles. The van der Waals surface area contributed by atoms with Crippen molar-refractivity contribution in [2.24, 2.45) is 17.3 Å². The highest BCUT2D eigenvalue weighted by atomic mass is 16.2. The van der Waals surface area contributed by atoms with E-state index in [2.05, 4.69) is 20.8 Å². The zero-order chi connectivity index (χ0) is 14.8. The SMILES string of the molecule is CC(C)(C)C1CCC(=O)N(CC(=O)C2CCCC2)CC1. The van der Waals surface area contributed by atoms with Gasteiger partial charge in [-0.2, -0.15) is 0 Å². The first-order chi connectivity index (χ1) is 9.38. The Labute approximate surface area is 123 Å². The number of rotatable bonds is 3. The summed E-state index contributed by atoms with van der Waals surface area (Å²) in [7, 11) is 0. The van der Waals surface area contributed by atoms with Gasteiger partial charge in [0.1, 0.15) is 0 Å². The van der Waals surface area contributed by atoms with Crippen LogP contribution >= 0.6 is 0 Å². The van der Waals surface area contributed by atoms with Crippen molar-refractivity contribution in [1.82, 2.24) is 4.90 Å². The lowest BCUT2D eigenvalue weighted by Crippen LogP contribution is -2.37. The molecule has 3 nitrogen and oxygen atoms in total. The Morgan fingerprint density at radius 3 is 2.40 bits per heavy atom. The molecule has 0 radical (unpaired) electrons. The maximum absolute atomic E-state index is 12.3. The third-order valence-electron chi connectivity index (χ3n) is 5.19. The number of nitrogens with zero attached hydrogens (tertiary/aromatic N) is 1. The highest BCUT2D eigenvalue weighted by molar-refractivity contribution is 5.87. The van der Waals surface area contributed by atoms with Gasteiger partial charge in [-0.3, -0.25) is 9.59 Å². The van der Waals surface area contributed by atoms with Gasteiger partial charge in [0.15, 0.2) is 5.78 Å². The van der Waals surface area contributed by atoms with E-state index < -0.39 is 0 Å². The summed E-state index contributed by atoms with van der Waals surface area (Å²) in [4.78, 5) is 26.3. The van der Waals surface area contributed by atoms with Gasteiger partial charge in [0.2, 0.25) is 5.91 Å². The van der Waals surface area contributed by atoms with Crippen LogP contribution < -0.4 is 0 Å². The molecule has 1 saturated heterocycles. The lowest BCUT2D eigenvalue weighted by atomic mass is 9.77. The van der Waals surface area contributed by atoms with E-state index in [1.807, 2.05) is 4.90 Å². The van der Waals surface area contributed by atoms with Crippen LogP contribution in [0.2, 0.25) is 0 Å². The monoisotopic (exact) mass is 279 g/mol. The van der Waals surface area contributed by atoms with E-state index in [0.717, 1.165) is 32.2 Å². The molecule has 1 aliphatic carbocycles. The Morgan fingerprint density at radius 1 is 1.15 bits per heavy atom. The minimum Gasteiger partial charge on any atom is -0.335 e. The van der Waals surface area contributed by atoms with Crippen molar-refractivity contribution in [2.45, 2.75) is 65.7 Å². The molecule has 0 aromatic heterocycles. The summed E-state index contributed by atoms with van der Waals surface area (Å²) in [6, 6.07) is 0. The van der Waals surface area contributed by atoms with Gasteiger partial charge in [-0.25, -0.2) is 0 Å². The summed E-state index contributed by atoms with van der Waals surface area (Å²) < 4.78 is 0. The van der Waals surface area contributed by atoms with E-state index in [1.54, 1.807) is 0 Å². The molecule has 1 aliphatic heterocycles. The first-order valence-corrected chi connectivity index (χ1v) is 8.18. The fourth-order valence-electron chi connectivity index (χ4n) is 3.63. The predicted molar refractivity (Wildman–Crippen MR) is 80.3 cm³/mol. The summed E-state index contributed by atoms with van der Waals surface area (Å²) in [5.41, 5.74) is 0.256. The number of amides is 1. The molecule has 0 N–H and O–H groups in total. The minimum atomic E-state index is 0.183. The standard InChI is InChI=1S/C17H29NO2/c1-17(2,3)14-8-9-16(20)18(11-10-14)12-15(19)13-6-4-5-7-13/h13-14H,4-12H2,1-3H3. The number of hydrogen-bond donors (Lipinski definition) is 0. The molecule has 1 saturated carbocycles. The number of carbonyl (C=O) groups is 2. The van der Waals surface area contributed by atoms with Crippen molar-refractivity contribution in [1.29, 1.82) is 0 Å². The van der Waals surface area contributed by atoms with Crippen LogP contribution in [0, 0.1) is 17.3 Å². The van der Waals surface area contributed by atoms with Gasteiger partial charge in [0.25, 0.3) is 0 Å². The molecule has 20 heavy (non-hydrogen) atoms. The molecular weight excluding hydrogens is 250 g/mol. The predicted octanol–water partition coefficient (Wildman–Crippen LogP) is 3.42. The molecule has 114 valence electrons. The summed E-state index contributed by atoms with van der Waals surface area (Å²) in [6.07, 6.45) is 7.04. The van der Waals surface area contributed by atoms with E-state index in [-0.39, 0.29) is 17.2 Å². The molecule has 1 heterocycles. The zero-order valence-corrected chi connectivity index (χ0v) is 13.3. The third-order valence-corrected chi connectivity index (χ3v) is 5.19. The third kappa shape index (κ3) is 3.83. The maximum Gasteiger partial charge on any atom is 0.222 e. The Kier molecular flexibility index (Phi) is 4.87. The molecule has 0 spiro atoms. The smallest absolute Gasteiger partial charge is 0.222 e. The first-order valence-electron chi connectivity index (χ1n) is 8.18. The number of Topliss-reactive ketones (excluding diaryl/α,β-unsaturated/α-hetero) is 1. The number of likely N-dealkylation sites (tertiary alicyclic amines) is 1. The number of hydrogen-bond acceptors (Lipinski definition) is 2. The van der Waals surface area contributed by atoms with Gasteiger partial charge >= 0.3 is 0 Å². The van der Waals surface area contributed by atoms with E-state index >= 15 is 0 Å².